The SMILES string of the molecule is Nc1ccc(F)c(C(O)C(O)CS)c1. The first-order chi connectivity index (χ1) is 6.56. The molecule has 0 saturated heterocycles. The molecule has 3 nitrogen and oxygen atoms in total. The van der Waals surface area contributed by atoms with Crippen molar-refractivity contribution in [1.82, 2.24) is 0 Å². The van der Waals surface area contributed by atoms with Crippen molar-refractivity contribution in [2.45, 2.75) is 12.2 Å². The van der Waals surface area contributed by atoms with E-state index in [9.17, 15) is 14.6 Å². The molecule has 0 bridgehead atoms. The third-order valence-electron chi connectivity index (χ3n) is 1.89. The Labute approximate surface area is 86.8 Å². The summed E-state index contributed by atoms with van der Waals surface area (Å²) >= 11 is 3.80. The number of thiol groups is 1. The number of aliphatic hydroxyl groups excluding tert-OH is 2. The van der Waals surface area contributed by atoms with Gasteiger partial charge in [0.15, 0.2) is 0 Å². The summed E-state index contributed by atoms with van der Waals surface area (Å²) in [5.74, 6) is -0.539. The van der Waals surface area contributed by atoms with Gasteiger partial charge in [0.05, 0.1) is 6.10 Å². The zero-order chi connectivity index (χ0) is 10.7. The van der Waals surface area contributed by atoms with Crippen LogP contribution in [0.15, 0.2) is 18.2 Å². The molecule has 78 valence electrons. The summed E-state index contributed by atoms with van der Waals surface area (Å²) in [5, 5.41) is 18.8. The standard InChI is InChI=1S/C9H12FNO2S/c10-7-2-1-5(11)3-6(7)9(13)8(12)4-14/h1-3,8-9,12-14H,4,11H2. The average Bonchev–Trinajstić information content (AvgIpc) is 2.19. The third-order valence-corrected chi connectivity index (χ3v) is 2.26. The van der Waals surface area contributed by atoms with Crippen LogP contribution in [0.1, 0.15) is 11.7 Å². The van der Waals surface area contributed by atoms with Crippen molar-refractivity contribution in [2.24, 2.45) is 0 Å². The van der Waals surface area contributed by atoms with E-state index in [0.717, 1.165) is 6.07 Å². The van der Waals surface area contributed by atoms with Crippen molar-refractivity contribution in [2.75, 3.05) is 11.5 Å². The number of nitrogen functional groups attached to an aromatic ring is 1. The Bertz CT molecular complexity index is 322. The van der Waals surface area contributed by atoms with Crippen LogP contribution in [0.2, 0.25) is 0 Å². The van der Waals surface area contributed by atoms with Crippen LogP contribution < -0.4 is 5.73 Å². The number of anilines is 1. The Morgan fingerprint density at radius 2 is 2.07 bits per heavy atom. The molecule has 0 fully saturated rings. The van der Waals surface area contributed by atoms with Crippen molar-refractivity contribution in [3.8, 4) is 0 Å². The molecule has 1 rings (SSSR count). The molecule has 5 heteroatoms. The molecule has 0 aliphatic rings. The Morgan fingerprint density at radius 1 is 1.43 bits per heavy atom. The summed E-state index contributed by atoms with van der Waals surface area (Å²) in [5.41, 5.74) is 5.76. The molecule has 2 unspecified atom stereocenters. The molecule has 0 saturated carbocycles. The van der Waals surface area contributed by atoms with Crippen LogP contribution in [0.25, 0.3) is 0 Å². The highest BCUT2D eigenvalue weighted by molar-refractivity contribution is 7.80. The quantitative estimate of drug-likeness (QED) is 0.446. The van der Waals surface area contributed by atoms with Crippen LogP contribution in [-0.4, -0.2) is 22.1 Å². The summed E-state index contributed by atoms with van der Waals surface area (Å²) in [6, 6.07) is 3.84. The normalized spacial score (nSPS) is 15.1. The highest BCUT2D eigenvalue weighted by atomic mass is 32.1. The van der Waals surface area contributed by atoms with Crippen molar-refractivity contribution in [3.05, 3.63) is 29.6 Å². The van der Waals surface area contributed by atoms with Crippen LogP contribution in [0.4, 0.5) is 10.1 Å². The number of benzene rings is 1. The van der Waals surface area contributed by atoms with Crippen molar-refractivity contribution >= 4 is 18.3 Å². The molecule has 14 heavy (non-hydrogen) atoms. The van der Waals surface area contributed by atoms with Crippen molar-refractivity contribution < 1.29 is 14.6 Å². The van der Waals surface area contributed by atoms with E-state index in [-0.39, 0.29) is 11.3 Å². The van der Waals surface area contributed by atoms with Crippen molar-refractivity contribution in [1.29, 1.82) is 0 Å². The van der Waals surface area contributed by atoms with Gasteiger partial charge in [0.25, 0.3) is 0 Å². The fourth-order valence-corrected chi connectivity index (χ4v) is 1.30. The third kappa shape index (κ3) is 2.37. The van der Waals surface area contributed by atoms with Crippen molar-refractivity contribution in [3.63, 3.8) is 0 Å². The minimum atomic E-state index is -1.30. The van der Waals surface area contributed by atoms with E-state index >= 15 is 0 Å². The number of halogens is 1. The van der Waals surface area contributed by atoms with E-state index < -0.39 is 18.0 Å². The lowest BCUT2D eigenvalue weighted by Gasteiger charge is -2.16. The predicted octanol–water partition coefficient (Wildman–Crippen LogP) is 0.732. The van der Waals surface area contributed by atoms with E-state index in [4.69, 9.17) is 5.73 Å². The summed E-state index contributed by atoms with van der Waals surface area (Å²) in [6.07, 6.45) is -2.40. The zero-order valence-corrected chi connectivity index (χ0v) is 8.29. The Kier molecular flexibility index (Phi) is 3.74. The number of hydrogen-bond donors (Lipinski definition) is 4. The summed E-state index contributed by atoms with van der Waals surface area (Å²) < 4.78 is 13.2. The number of aliphatic hydroxyl groups is 2. The Morgan fingerprint density at radius 3 is 2.64 bits per heavy atom. The molecule has 0 radical (unpaired) electrons. The highest BCUT2D eigenvalue weighted by Gasteiger charge is 2.20. The van der Waals surface area contributed by atoms with Gasteiger partial charge in [-0.15, -0.1) is 0 Å². The minimum Gasteiger partial charge on any atom is -0.399 e. The molecular weight excluding hydrogens is 205 g/mol. The molecular formula is C9H12FNO2S. The minimum absolute atomic E-state index is 0.00782. The predicted molar refractivity (Wildman–Crippen MR) is 55.6 cm³/mol. The number of hydrogen-bond acceptors (Lipinski definition) is 4. The van der Waals surface area contributed by atoms with Gasteiger partial charge < -0.3 is 15.9 Å². The lowest BCUT2D eigenvalue weighted by atomic mass is 10.0. The number of nitrogens with two attached hydrogens (primary N) is 1. The van der Waals surface area contributed by atoms with Crippen LogP contribution in [-0.2, 0) is 0 Å². The second-order valence-corrected chi connectivity index (χ2v) is 3.34. The largest absolute Gasteiger partial charge is 0.399 e. The van der Waals surface area contributed by atoms with Gasteiger partial charge in [-0.3, -0.25) is 0 Å². The summed E-state index contributed by atoms with van der Waals surface area (Å²) in [4.78, 5) is 0. The molecule has 1 aromatic rings. The molecule has 4 N–H and O–H groups in total. The van der Waals surface area contributed by atoms with Gasteiger partial charge in [0, 0.05) is 17.0 Å². The summed E-state index contributed by atoms with van der Waals surface area (Å²) in [6.45, 7) is 0. The zero-order valence-electron chi connectivity index (χ0n) is 7.39. The monoisotopic (exact) mass is 217 g/mol. The fourth-order valence-electron chi connectivity index (χ4n) is 1.10. The first-order valence-electron chi connectivity index (χ1n) is 4.08. The maximum absolute atomic E-state index is 13.2. The number of rotatable bonds is 3. The van der Waals surface area contributed by atoms with Gasteiger partial charge in [-0.1, -0.05) is 0 Å². The van der Waals surface area contributed by atoms with Gasteiger partial charge >= 0.3 is 0 Å². The molecule has 2 atom stereocenters. The van der Waals surface area contributed by atoms with Gasteiger partial charge in [-0.2, -0.15) is 12.6 Å². The highest BCUT2D eigenvalue weighted by Crippen LogP contribution is 2.22. The van der Waals surface area contributed by atoms with Gasteiger partial charge in [0.2, 0.25) is 0 Å². The molecule has 0 aliphatic heterocycles. The molecule has 0 aromatic heterocycles. The van der Waals surface area contributed by atoms with Crippen LogP contribution in [0.5, 0.6) is 0 Å². The van der Waals surface area contributed by atoms with Crippen LogP contribution in [0, 0.1) is 5.82 Å². The Balaban J connectivity index is 2.99. The van der Waals surface area contributed by atoms with E-state index in [1.165, 1.54) is 12.1 Å². The molecule has 0 amide bonds. The second-order valence-electron chi connectivity index (χ2n) is 2.98. The van der Waals surface area contributed by atoms with E-state index in [1.54, 1.807) is 0 Å². The molecule has 0 heterocycles. The lowest BCUT2D eigenvalue weighted by Crippen LogP contribution is -2.20. The fraction of sp³-hybridized carbons (Fsp3) is 0.333. The summed E-state index contributed by atoms with van der Waals surface area (Å²) in [7, 11) is 0. The van der Waals surface area contributed by atoms with Gasteiger partial charge in [-0.25, -0.2) is 4.39 Å². The maximum Gasteiger partial charge on any atom is 0.129 e. The van der Waals surface area contributed by atoms with E-state index in [0.29, 0.717) is 5.69 Å². The van der Waals surface area contributed by atoms with Gasteiger partial charge in [0.1, 0.15) is 11.9 Å². The Hall–Kier alpha value is -0.780. The topological polar surface area (TPSA) is 66.5 Å². The molecule has 1 aromatic carbocycles. The smallest absolute Gasteiger partial charge is 0.129 e. The lowest BCUT2D eigenvalue weighted by molar-refractivity contribution is 0.0315. The first kappa shape index (κ1) is 11.3. The van der Waals surface area contributed by atoms with E-state index in [2.05, 4.69) is 12.6 Å². The second kappa shape index (κ2) is 4.63. The van der Waals surface area contributed by atoms with Gasteiger partial charge in [-0.05, 0) is 18.2 Å². The average molecular weight is 217 g/mol. The molecule has 0 aliphatic carbocycles. The van der Waals surface area contributed by atoms with Crippen LogP contribution in [0.3, 0.4) is 0 Å². The van der Waals surface area contributed by atoms with Crippen LogP contribution >= 0.6 is 12.6 Å². The van der Waals surface area contributed by atoms with E-state index in [1.807, 2.05) is 0 Å². The maximum atomic E-state index is 13.2. The first-order valence-corrected chi connectivity index (χ1v) is 4.71. The molecule has 0 spiro atoms.